The SMILES string of the molecule is C[C@@H]1CNCCN1CC1CCCNC1.Cl. The van der Waals surface area contributed by atoms with E-state index in [2.05, 4.69) is 22.5 Å². The predicted octanol–water partition coefficient (Wildman–Crippen LogP) is 0.701. The van der Waals surface area contributed by atoms with Gasteiger partial charge in [0.05, 0.1) is 0 Å². The van der Waals surface area contributed by atoms with Crippen molar-refractivity contribution >= 4 is 12.4 Å². The molecule has 15 heavy (non-hydrogen) atoms. The average molecular weight is 234 g/mol. The van der Waals surface area contributed by atoms with E-state index in [1.165, 1.54) is 52.1 Å². The number of rotatable bonds is 2. The van der Waals surface area contributed by atoms with Crippen molar-refractivity contribution in [3.63, 3.8) is 0 Å². The van der Waals surface area contributed by atoms with Crippen LogP contribution in [-0.4, -0.2) is 50.2 Å². The van der Waals surface area contributed by atoms with Crippen molar-refractivity contribution in [2.24, 2.45) is 5.92 Å². The molecule has 2 N–H and O–H groups in total. The molecular formula is C11H24ClN3. The summed E-state index contributed by atoms with van der Waals surface area (Å²) >= 11 is 0. The summed E-state index contributed by atoms with van der Waals surface area (Å²) < 4.78 is 0. The van der Waals surface area contributed by atoms with E-state index in [0.717, 1.165) is 12.0 Å². The molecule has 0 spiro atoms. The molecule has 2 aliphatic rings. The van der Waals surface area contributed by atoms with Gasteiger partial charge in [-0.1, -0.05) is 0 Å². The second-order valence-corrected chi connectivity index (χ2v) is 4.76. The molecule has 0 radical (unpaired) electrons. The van der Waals surface area contributed by atoms with Crippen molar-refractivity contribution < 1.29 is 0 Å². The van der Waals surface area contributed by atoms with E-state index < -0.39 is 0 Å². The topological polar surface area (TPSA) is 27.3 Å². The van der Waals surface area contributed by atoms with Crippen molar-refractivity contribution in [2.45, 2.75) is 25.8 Å². The molecule has 0 aromatic rings. The Balaban J connectivity index is 0.00000112. The first-order valence-electron chi connectivity index (χ1n) is 6.02. The fraction of sp³-hybridized carbons (Fsp3) is 1.00. The highest BCUT2D eigenvalue weighted by atomic mass is 35.5. The number of hydrogen-bond donors (Lipinski definition) is 2. The molecule has 90 valence electrons. The van der Waals surface area contributed by atoms with E-state index >= 15 is 0 Å². The van der Waals surface area contributed by atoms with Crippen LogP contribution in [0.1, 0.15) is 19.8 Å². The molecule has 2 heterocycles. The van der Waals surface area contributed by atoms with Gasteiger partial charge in [-0.25, -0.2) is 0 Å². The highest BCUT2D eigenvalue weighted by Crippen LogP contribution is 2.14. The summed E-state index contributed by atoms with van der Waals surface area (Å²) in [6, 6.07) is 0.727. The van der Waals surface area contributed by atoms with Crippen LogP contribution < -0.4 is 10.6 Å². The van der Waals surface area contributed by atoms with Crippen molar-refractivity contribution in [3.8, 4) is 0 Å². The van der Waals surface area contributed by atoms with Gasteiger partial charge in [-0.3, -0.25) is 4.90 Å². The van der Waals surface area contributed by atoms with Gasteiger partial charge in [-0.2, -0.15) is 0 Å². The summed E-state index contributed by atoms with van der Waals surface area (Å²) in [5, 5.41) is 6.94. The minimum atomic E-state index is 0. The van der Waals surface area contributed by atoms with Gasteiger partial charge in [-0.05, 0) is 38.8 Å². The van der Waals surface area contributed by atoms with E-state index in [1.807, 2.05) is 0 Å². The van der Waals surface area contributed by atoms with Crippen LogP contribution in [0.25, 0.3) is 0 Å². The molecular weight excluding hydrogens is 210 g/mol. The van der Waals surface area contributed by atoms with E-state index in [4.69, 9.17) is 0 Å². The second-order valence-electron chi connectivity index (χ2n) is 4.76. The Morgan fingerprint density at radius 2 is 2.00 bits per heavy atom. The number of nitrogens with zero attached hydrogens (tertiary/aromatic N) is 1. The van der Waals surface area contributed by atoms with Crippen LogP contribution in [0.4, 0.5) is 0 Å². The first-order valence-corrected chi connectivity index (χ1v) is 6.02. The monoisotopic (exact) mass is 233 g/mol. The van der Waals surface area contributed by atoms with Crippen molar-refractivity contribution in [3.05, 3.63) is 0 Å². The lowest BCUT2D eigenvalue weighted by atomic mass is 9.98. The molecule has 0 saturated carbocycles. The summed E-state index contributed by atoms with van der Waals surface area (Å²) in [6.07, 6.45) is 2.79. The van der Waals surface area contributed by atoms with Crippen molar-refractivity contribution in [1.29, 1.82) is 0 Å². The molecule has 2 aliphatic heterocycles. The minimum Gasteiger partial charge on any atom is -0.316 e. The molecule has 0 aliphatic carbocycles. The summed E-state index contributed by atoms with van der Waals surface area (Å²) in [5.74, 6) is 0.893. The van der Waals surface area contributed by atoms with Gasteiger partial charge in [-0.15, -0.1) is 12.4 Å². The normalized spacial score (nSPS) is 33.4. The third-order valence-electron chi connectivity index (χ3n) is 3.53. The quantitative estimate of drug-likeness (QED) is 0.736. The van der Waals surface area contributed by atoms with Crippen LogP contribution in [0, 0.1) is 5.92 Å². The van der Waals surface area contributed by atoms with Crippen molar-refractivity contribution in [2.75, 3.05) is 39.3 Å². The number of halogens is 1. The van der Waals surface area contributed by atoms with Gasteiger partial charge in [0.15, 0.2) is 0 Å². The third-order valence-corrected chi connectivity index (χ3v) is 3.53. The van der Waals surface area contributed by atoms with Gasteiger partial charge in [0.25, 0.3) is 0 Å². The summed E-state index contributed by atoms with van der Waals surface area (Å²) in [5.41, 5.74) is 0. The zero-order valence-electron chi connectivity index (χ0n) is 9.67. The maximum atomic E-state index is 3.50. The Hall–Kier alpha value is 0.170. The Bertz CT molecular complexity index is 171. The molecule has 0 aromatic carbocycles. The van der Waals surface area contributed by atoms with Crippen LogP contribution in [0.5, 0.6) is 0 Å². The zero-order valence-corrected chi connectivity index (χ0v) is 10.5. The fourth-order valence-corrected chi connectivity index (χ4v) is 2.57. The maximum Gasteiger partial charge on any atom is 0.0193 e. The molecule has 0 aromatic heterocycles. The highest BCUT2D eigenvalue weighted by molar-refractivity contribution is 5.85. The van der Waals surface area contributed by atoms with Gasteiger partial charge in [0, 0.05) is 32.2 Å². The number of nitrogens with one attached hydrogen (secondary N) is 2. The van der Waals surface area contributed by atoms with Crippen LogP contribution in [-0.2, 0) is 0 Å². The van der Waals surface area contributed by atoms with Gasteiger partial charge in [0.1, 0.15) is 0 Å². The van der Waals surface area contributed by atoms with Crippen LogP contribution in [0.3, 0.4) is 0 Å². The molecule has 3 nitrogen and oxygen atoms in total. The number of piperidine rings is 1. The lowest BCUT2D eigenvalue weighted by molar-refractivity contribution is 0.137. The number of piperazine rings is 1. The predicted molar refractivity (Wildman–Crippen MR) is 66.7 cm³/mol. The zero-order chi connectivity index (χ0) is 9.80. The summed E-state index contributed by atoms with van der Waals surface area (Å²) in [6.45, 7) is 9.67. The van der Waals surface area contributed by atoms with Gasteiger partial charge in [0.2, 0.25) is 0 Å². The average Bonchev–Trinajstić information content (AvgIpc) is 2.23. The summed E-state index contributed by atoms with van der Waals surface area (Å²) in [4.78, 5) is 2.65. The number of hydrogen-bond acceptors (Lipinski definition) is 3. The molecule has 2 atom stereocenters. The molecule has 0 amide bonds. The van der Waals surface area contributed by atoms with Gasteiger partial charge >= 0.3 is 0 Å². The van der Waals surface area contributed by atoms with Crippen LogP contribution in [0.2, 0.25) is 0 Å². The first kappa shape index (κ1) is 13.2. The third kappa shape index (κ3) is 3.91. The maximum absolute atomic E-state index is 3.50. The van der Waals surface area contributed by atoms with E-state index in [9.17, 15) is 0 Å². The lowest BCUT2D eigenvalue weighted by Gasteiger charge is -2.37. The Morgan fingerprint density at radius 1 is 1.20 bits per heavy atom. The van der Waals surface area contributed by atoms with Crippen LogP contribution >= 0.6 is 12.4 Å². The molecule has 0 bridgehead atoms. The van der Waals surface area contributed by atoms with E-state index in [0.29, 0.717) is 0 Å². The Morgan fingerprint density at radius 3 is 2.67 bits per heavy atom. The van der Waals surface area contributed by atoms with Gasteiger partial charge < -0.3 is 10.6 Å². The molecule has 1 unspecified atom stereocenters. The molecule has 2 rings (SSSR count). The first-order chi connectivity index (χ1) is 6.86. The highest BCUT2D eigenvalue weighted by Gasteiger charge is 2.22. The lowest BCUT2D eigenvalue weighted by Crippen LogP contribution is -2.52. The second kappa shape index (κ2) is 6.69. The molecule has 2 saturated heterocycles. The van der Waals surface area contributed by atoms with Crippen LogP contribution in [0.15, 0.2) is 0 Å². The smallest absolute Gasteiger partial charge is 0.0193 e. The van der Waals surface area contributed by atoms with Crippen molar-refractivity contribution in [1.82, 2.24) is 15.5 Å². The summed E-state index contributed by atoms with van der Waals surface area (Å²) in [7, 11) is 0. The Kier molecular flexibility index (Phi) is 5.90. The largest absolute Gasteiger partial charge is 0.316 e. The van der Waals surface area contributed by atoms with E-state index in [-0.39, 0.29) is 12.4 Å². The fourth-order valence-electron chi connectivity index (χ4n) is 2.57. The van der Waals surface area contributed by atoms with E-state index in [1.54, 1.807) is 0 Å². The molecule has 2 fully saturated rings. The minimum absolute atomic E-state index is 0. The Labute approximate surface area is 99.4 Å². The standard InChI is InChI=1S/C11H23N3.ClH/c1-10-7-13-5-6-14(10)9-11-3-2-4-12-8-11;/h10-13H,2-9H2,1H3;1H/t10-,11?;/m1./s1. The molecule has 4 heteroatoms.